The van der Waals surface area contributed by atoms with E-state index in [1.165, 1.54) is 11.1 Å². The molecule has 0 spiro atoms. The summed E-state index contributed by atoms with van der Waals surface area (Å²) in [6.07, 6.45) is 2.14. The molecule has 4 heteroatoms. The van der Waals surface area contributed by atoms with Gasteiger partial charge >= 0.3 is 0 Å². The summed E-state index contributed by atoms with van der Waals surface area (Å²) in [6, 6.07) is 8.32. The summed E-state index contributed by atoms with van der Waals surface area (Å²) >= 11 is 0. The minimum Gasteiger partial charge on any atom is -0.391 e. The van der Waals surface area contributed by atoms with Crippen LogP contribution < -0.4 is 0 Å². The lowest BCUT2D eigenvalue weighted by Crippen LogP contribution is -2.25. The van der Waals surface area contributed by atoms with Crippen LogP contribution in [0.5, 0.6) is 0 Å². The molecule has 1 unspecified atom stereocenters. The molecule has 0 radical (unpaired) electrons. The Morgan fingerprint density at radius 3 is 3.00 bits per heavy atom. The van der Waals surface area contributed by atoms with Crippen molar-refractivity contribution in [2.75, 3.05) is 0 Å². The second-order valence-corrected chi connectivity index (χ2v) is 4.94. The first-order valence-corrected chi connectivity index (χ1v) is 6.37. The maximum absolute atomic E-state index is 9.74. The van der Waals surface area contributed by atoms with Crippen LogP contribution >= 0.6 is 0 Å². The van der Waals surface area contributed by atoms with Crippen molar-refractivity contribution in [1.29, 1.82) is 0 Å². The van der Waals surface area contributed by atoms with E-state index >= 15 is 0 Å². The zero-order valence-corrected chi connectivity index (χ0v) is 10.5. The van der Waals surface area contributed by atoms with Gasteiger partial charge in [-0.05, 0) is 24.5 Å². The molecule has 1 N–H and O–H groups in total. The highest BCUT2D eigenvalue weighted by atomic mass is 16.3. The van der Waals surface area contributed by atoms with E-state index in [1.807, 2.05) is 12.1 Å². The number of rotatable bonds is 2. The molecular formula is C14H17N3O. The summed E-state index contributed by atoms with van der Waals surface area (Å²) in [5.41, 5.74) is 2.54. The van der Waals surface area contributed by atoms with Gasteiger partial charge < -0.3 is 9.67 Å². The Bertz CT molecular complexity index is 562. The maximum atomic E-state index is 9.74. The zero-order valence-electron chi connectivity index (χ0n) is 10.5. The van der Waals surface area contributed by atoms with E-state index in [4.69, 9.17) is 0 Å². The van der Waals surface area contributed by atoms with Crippen LogP contribution in [0.4, 0.5) is 0 Å². The minimum atomic E-state index is -0.260. The third-order valence-corrected chi connectivity index (χ3v) is 3.61. The highest BCUT2D eigenvalue weighted by Gasteiger charge is 2.21. The molecule has 94 valence electrons. The van der Waals surface area contributed by atoms with Crippen molar-refractivity contribution in [3.05, 3.63) is 47.0 Å². The molecule has 0 amide bonds. The Kier molecular flexibility index (Phi) is 2.88. The monoisotopic (exact) mass is 243 g/mol. The van der Waals surface area contributed by atoms with Crippen molar-refractivity contribution >= 4 is 0 Å². The molecule has 2 aromatic rings. The van der Waals surface area contributed by atoms with E-state index in [0.29, 0.717) is 6.54 Å². The number of aryl methyl sites for hydroxylation is 2. The van der Waals surface area contributed by atoms with Crippen LogP contribution in [0.2, 0.25) is 0 Å². The smallest absolute Gasteiger partial charge is 0.137 e. The topological polar surface area (TPSA) is 50.9 Å². The molecule has 0 fully saturated rings. The Morgan fingerprint density at radius 1 is 1.33 bits per heavy atom. The standard InChI is InChI=1S/C14H17N3O/c1-10-4-2-3-5-11(10)8-14-16-15-13-7-6-12(18)9-17(13)14/h2-5,12,18H,6-9H2,1H3. The van der Waals surface area contributed by atoms with Crippen LogP contribution in [-0.2, 0) is 19.4 Å². The predicted molar refractivity (Wildman–Crippen MR) is 68.3 cm³/mol. The first kappa shape index (κ1) is 11.4. The predicted octanol–water partition coefficient (Wildman–Crippen LogP) is 1.48. The Labute approximate surface area is 106 Å². The highest BCUT2D eigenvalue weighted by molar-refractivity contribution is 5.28. The minimum absolute atomic E-state index is 0.260. The van der Waals surface area contributed by atoms with Gasteiger partial charge in [-0.3, -0.25) is 0 Å². The fourth-order valence-corrected chi connectivity index (χ4v) is 2.48. The molecule has 0 saturated carbocycles. The van der Waals surface area contributed by atoms with E-state index in [9.17, 15) is 5.11 Å². The van der Waals surface area contributed by atoms with Gasteiger partial charge in [0.25, 0.3) is 0 Å². The SMILES string of the molecule is Cc1ccccc1Cc1nnc2n1CC(O)CC2. The summed E-state index contributed by atoms with van der Waals surface area (Å²) in [5.74, 6) is 1.96. The molecule has 1 aromatic heterocycles. The van der Waals surface area contributed by atoms with Gasteiger partial charge in [0.2, 0.25) is 0 Å². The normalized spacial score (nSPS) is 18.7. The lowest BCUT2D eigenvalue weighted by molar-refractivity contribution is 0.129. The van der Waals surface area contributed by atoms with Crippen molar-refractivity contribution in [1.82, 2.24) is 14.8 Å². The molecule has 3 rings (SSSR count). The summed E-state index contributed by atoms with van der Waals surface area (Å²) in [5, 5.41) is 18.2. The number of aromatic nitrogens is 3. The van der Waals surface area contributed by atoms with E-state index in [0.717, 1.165) is 30.9 Å². The Hall–Kier alpha value is -1.68. The molecule has 2 heterocycles. The van der Waals surface area contributed by atoms with Crippen molar-refractivity contribution in [3.8, 4) is 0 Å². The van der Waals surface area contributed by atoms with E-state index in [1.54, 1.807) is 0 Å². The summed E-state index contributed by atoms with van der Waals surface area (Å²) < 4.78 is 2.07. The van der Waals surface area contributed by atoms with Gasteiger partial charge in [0, 0.05) is 12.8 Å². The zero-order chi connectivity index (χ0) is 12.5. The van der Waals surface area contributed by atoms with Crippen LogP contribution in [0, 0.1) is 6.92 Å². The summed E-state index contributed by atoms with van der Waals surface area (Å²) in [7, 11) is 0. The van der Waals surface area contributed by atoms with Gasteiger partial charge in [-0.1, -0.05) is 24.3 Å². The second kappa shape index (κ2) is 4.53. The van der Waals surface area contributed by atoms with Crippen molar-refractivity contribution in [3.63, 3.8) is 0 Å². The number of hydrogen-bond donors (Lipinski definition) is 1. The molecular weight excluding hydrogens is 226 g/mol. The first-order chi connectivity index (χ1) is 8.74. The Balaban J connectivity index is 1.90. The molecule has 0 aliphatic carbocycles. The number of hydrogen-bond acceptors (Lipinski definition) is 3. The number of benzene rings is 1. The number of nitrogens with zero attached hydrogens (tertiary/aromatic N) is 3. The molecule has 0 saturated heterocycles. The molecule has 1 aliphatic heterocycles. The molecule has 1 aliphatic rings. The number of fused-ring (bicyclic) bond motifs is 1. The summed E-state index contributed by atoms with van der Waals surface area (Å²) in [4.78, 5) is 0. The van der Waals surface area contributed by atoms with Gasteiger partial charge in [-0.15, -0.1) is 10.2 Å². The average Bonchev–Trinajstić information content (AvgIpc) is 2.75. The third kappa shape index (κ3) is 2.04. The lowest BCUT2D eigenvalue weighted by Gasteiger charge is -2.20. The molecule has 1 atom stereocenters. The van der Waals surface area contributed by atoms with Crippen LogP contribution in [0.25, 0.3) is 0 Å². The molecule has 1 aromatic carbocycles. The van der Waals surface area contributed by atoms with Crippen LogP contribution in [0.3, 0.4) is 0 Å². The third-order valence-electron chi connectivity index (χ3n) is 3.61. The van der Waals surface area contributed by atoms with Gasteiger partial charge in [0.15, 0.2) is 0 Å². The summed E-state index contributed by atoms with van der Waals surface area (Å²) in [6.45, 7) is 2.74. The molecule has 0 bridgehead atoms. The highest BCUT2D eigenvalue weighted by Crippen LogP contribution is 2.18. The second-order valence-electron chi connectivity index (χ2n) is 4.94. The van der Waals surface area contributed by atoms with Crippen molar-refractivity contribution in [2.45, 2.75) is 38.8 Å². The quantitative estimate of drug-likeness (QED) is 0.869. The largest absolute Gasteiger partial charge is 0.391 e. The fraction of sp³-hybridized carbons (Fsp3) is 0.429. The molecule has 18 heavy (non-hydrogen) atoms. The van der Waals surface area contributed by atoms with Crippen LogP contribution in [0.1, 0.15) is 29.2 Å². The van der Waals surface area contributed by atoms with E-state index < -0.39 is 0 Å². The molecule has 4 nitrogen and oxygen atoms in total. The Morgan fingerprint density at radius 2 is 2.17 bits per heavy atom. The van der Waals surface area contributed by atoms with Gasteiger partial charge in [0.05, 0.1) is 12.6 Å². The van der Waals surface area contributed by atoms with Crippen molar-refractivity contribution < 1.29 is 5.11 Å². The van der Waals surface area contributed by atoms with Gasteiger partial charge in [-0.2, -0.15) is 0 Å². The number of aliphatic hydroxyl groups excluding tert-OH is 1. The van der Waals surface area contributed by atoms with Crippen LogP contribution in [0.15, 0.2) is 24.3 Å². The maximum Gasteiger partial charge on any atom is 0.137 e. The fourth-order valence-electron chi connectivity index (χ4n) is 2.48. The van der Waals surface area contributed by atoms with E-state index in [-0.39, 0.29) is 6.10 Å². The van der Waals surface area contributed by atoms with Crippen LogP contribution in [-0.4, -0.2) is 26.0 Å². The van der Waals surface area contributed by atoms with Gasteiger partial charge in [0.1, 0.15) is 11.6 Å². The van der Waals surface area contributed by atoms with Crippen molar-refractivity contribution in [2.24, 2.45) is 0 Å². The lowest BCUT2D eigenvalue weighted by atomic mass is 10.0. The average molecular weight is 243 g/mol. The first-order valence-electron chi connectivity index (χ1n) is 6.37. The van der Waals surface area contributed by atoms with Gasteiger partial charge in [-0.25, -0.2) is 0 Å². The number of aliphatic hydroxyl groups is 1. The van der Waals surface area contributed by atoms with E-state index in [2.05, 4.69) is 33.8 Å².